The third-order valence-corrected chi connectivity index (χ3v) is 6.74. The van der Waals surface area contributed by atoms with Crippen molar-refractivity contribution in [3.8, 4) is 17.1 Å². The first kappa shape index (κ1) is 24.0. The van der Waals surface area contributed by atoms with E-state index in [1.165, 1.54) is 0 Å². The minimum absolute atomic E-state index is 0.0557. The maximum Gasteiger partial charge on any atom is 0.410 e. The quantitative estimate of drug-likeness (QED) is 0.679. The Morgan fingerprint density at radius 2 is 2.03 bits per heavy atom. The number of amides is 1. The normalized spacial score (nSPS) is 22.9. The number of pyridine rings is 1. The van der Waals surface area contributed by atoms with Crippen LogP contribution in [0.2, 0.25) is 0 Å². The zero-order chi connectivity index (χ0) is 24.2. The maximum atomic E-state index is 12.5. The van der Waals surface area contributed by atoms with E-state index in [1.54, 1.807) is 16.6 Å². The highest BCUT2D eigenvalue weighted by Crippen LogP contribution is 2.30. The van der Waals surface area contributed by atoms with Crippen LogP contribution < -0.4 is 4.74 Å². The molecule has 3 atom stereocenters. The van der Waals surface area contributed by atoms with Crippen molar-refractivity contribution in [1.29, 1.82) is 0 Å². The SMILES string of the molecule is Cc1nc(-c2nnn(C)c2COC(=O)N2CCCC(C)C2)ccc1O[C@H]1CCC[C@H](C(=O)O)C1. The highest BCUT2D eigenvalue weighted by atomic mass is 16.6. The summed E-state index contributed by atoms with van der Waals surface area (Å²) in [6.07, 6.45) is 4.54. The molecule has 1 amide bonds. The second-order valence-electron chi connectivity index (χ2n) is 9.48. The lowest BCUT2D eigenvalue weighted by molar-refractivity contribution is -0.143. The van der Waals surface area contributed by atoms with Gasteiger partial charge in [0.25, 0.3) is 0 Å². The number of aliphatic carboxylic acids is 1. The van der Waals surface area contributed by atoms with Gasteiger partial charge in [-0.3, -0.25) is 4.79 Å². The molecular formula is C24H33N5O5. The van der Waals surface area contributed by atoms with Crippen molar-refractivity contribution in [3.05, 3.63) is 23.5 Å². The van der Waals surface area contributed by atoms with Crippen LogP contribution in [0.5, 0.6) is 5.75 Å². The third-order valence-electron chi connectivity index (χ3n) is 6.74. The molecule has 1 N–H and O–H groups in total. The average molecular weight is 472 g/mol. The van der Waals surface area contributed by atoms with Gasteiger partial charge in [-0.1, -0.05) is 12.1 Å². The fraction of sp³-hybridized carbons (Fsp3) is 0.625. The van der Waals surface area contributed by atoms with E-state index in [9.17, 15) is 14.7 Å². The van der Waals surface area contributed by atoms with E-state index < -0.39 is 5.97 Å². The maximum absolute atomic E-state index is 12.5. The van der Waals surface area contributed by atoms with Gasteiger partial charge in [0.05, 0.1) is 23.4 Å². The molecule has 1 aliphatic heterocycles. The molecule has 3 heterocycles. The van der Waals surface area contributed by atoms with Crippen LogP contribution in [0, 0.1) is 18.8 Å². The third kappa shape index (κ3) is 5.48. The summed E-state index contributed by atoms with van der Waals surface area (Å²) in [4.78, 5) is 30.3. The van der Waals surface area contributed by atoms with E-state index in [4.69, 9.17) is 9.47 Å². The summed E-state index contributed by atoms with van der Waals surface area (Å²) in [6, 6.07) is 3.64. The molecule has 1 saturated heterocycles. The van der Waals surface area contributed by atoms with Crippen LogP contribution >= 0.6 is 0 Å². The predicted octanol–water partition coefficient (Wildman–Crippen LogP) is 3.58. The molecular weight excluding hydrogens is 438 g/mol. The molecule has 34 heavy (non-hydrogen) atoms. The van der Waals surface area contributed by atoms with Gasteiger partial charge in [-0.2, -0.15) is 0 Å². The molecule has 184 valence electrons. The van der Waals surface area contributed by atoms with Crippen molar-refractivity contribution in [2.24, 2.45) is 18.9 Å². The number of hydrogen-bond acceptors (Lipinski definition) is 7. The Kier molecular flexibility index (Phi) is 7.33. The number of carbonyl (C=O) groups is 2. The zero-order valence-corrected chi connectivity index (χ0v) is 20.1. The molecule has 0 spiro atoms. The van der Waals surface area contributed by atoms with Crippen LogP contribution in [0.15, 0.2) is 12.1 Å². The van der Waals surface area contributed by atoms with Crippen LogP contribution in [0.4, 0.5) is 4.79 Å². The summed E-state index contributed by atoms with van der Waals surface area (Å²) >= 11 is 0. The number of nitrogens with zero attached hydrogens (tertiary/aromatic N) is 5. The number of likely N-dealkylation sites (tertiary alicyclic amines) is 1. The van der Waals surface area contributed by atoms with Crippen molar-refractivity contribution in [1.82, 2.24) is 24.9 Å². The van der Waals surface area contributed by atoms with Crippen molar-refractivity contribution in [2.75, 3.05) is 13.1 Å². The first-order chi connectivity index (χ1) is 16.3. The monoisotopic (exact) mass is 471 g/mol. The van der Waals surface area contributed by atoms with E-state index >= 15 is 0 Å². The molecule has 2 aromatic heterocycles. The molecule has 1 unspecified atom stereocenters. The molecule has 4 rings (SSSR count). The topological polar surface area (TPSA) is 120 Å². The number of aryl methyl sites for hydroxylation is 2. The van der Waals surface area contributed by atoms with E-state index in [0.717, 1.165) is 32.2 Å². The fourth-order valence-corrected chi connectivity index (χ4v) is 4.77. The summed E-state index contributed by atoms with van der Waals surface area (Å²) in [7, 11) is 1.76. The zero-order valence-electron chi connectivity index (χ0n) is 20.1. The summed E-state index contributed by atoms with van der Waals surface area (Å²) in [5.41, 5.74) is 2.52. The number of carboxylic acids is 1. The van der Waals surface area contributed by atoms with Gasteiger partial charge in [-0.05, 0) is 63.5 Å². The second kappa shape index (κ2) is 10.4. The van der Waals surface area contributed by atoms with Crippen LogP contribution in [0.3, 0.4) is 0 Å². The van der Waals surface area contributed by atoms with Crippen LogP contribution in [0.1, 0.15) is 56.8 Å². The van der Waals surface area contributed by atoms with Gasteiger partial charge in [-0.25, -0.2) is 14.5 Å². The molecule has 10 heteroatoms. The Morgan fingerprint density at radius 1 is 1.21 bits per heavy atom. The molecule has 1 aliphatic carbocycles. The number of carboxylic acid groups (broad SMARTS) is 1. The van der Waals surface area contributed by atoms with Crippen molar-refractivity contribution in [2.45, 2.75) is 65.1 Å². The van der Waals surface area contributed by atoms with Gasteiger partial charge in [0.15, 0.2) is 0 Å². The van der Waals surface area contributed by atoms with Crippen LogP contribution in [-0.4, -0.2) is 61.2 Å². The summed E-state index contributed by atoms with van der Waals surface area (Å²) in [5.74, 6) is -0.00360. The lowest BCUT2D eigenvalue weighted by Crippen LogP contribution is -2.39. The molecule has 2 aromatic rings. The Hall–Kier alpha value is -3.17. The van der Waals surface area contributed by atoms with Crippen molar-refractivity contribution >= 4 is 12.1 Å². The van der Waals surface area contributed by atoms with Gasteiger partial charge in [0.1, 0.15) is 23.7 Å². The predicted molar refractivity (Wildman–Crippen MR) is 123 cm³/mol. The van der Waals surface area contributed by atoms with Gasteiger partial charge in [0, 0.05) is 20.1 Å². The molecule has 0 bridgehead atoms. The first-order valence-corrected chi connectivity index (χ1v) is 12.0. The van der Waals surface area contributed by atoms with Gasteiger partial charge in [-0.15, -0.1) is 5.10 Å². The number of piperidine rings is 1. The summed E-state index contributed by atoms with van der Waals surface area (Å²) in [6.45, 7) is 5.48. The lowest BCUT2D eigenvalue weighted by Gasteiger charge is -2.30. The first-order valence-electron chi connectivity index (χ1n) is 12.0. The highest BCUT2D eigenvalue weighted by Gasteiger charge is 2.29. The standard InChI is InChI=1S/C24H33N5O5/c1-15-6-5-11-29(13-15)24(32)33-14-20-22(26-27-28(20)3)19-9-10-21(16(2)25-19)34-18-8-4-7-17(12-18)23(30)31/h9-10,15,17-18H,4-8,11-14H2,1-3H3,(H,30,31)/t15?,17-,18-/m0/s1. The Morgan fingerprint density at radius 3 is 2.76 bits per heavy atom. The highest BCUT2D eigenvalue weighted by molar-refractivity contribution is 5.70. The number of carbonyl (C=O) groups excluding carboxylic acids is 1. The summed E-state index contributed by atoms with van der Waals surface area (Å²) < 4.78 is 13.3. The number of ether oxygens (including phenoxy) is 2. The van der Waals surface area contributed by atoms with Crippen molar-refractivity contribution in [3.63, 3.8) is 0 Å². The van der Waals surface area contributed by atoms with E-state index in [1.807, 2.05) is 19.1 Å². The second-order valence-corrected chi connectivity index (χ2v) is 9.48. The smallest absolute Gasteiger partial charge is 0.410 e. The average Bonchev–Trinajstić information content (AvgIpc) is 3.19. The van der Waals surface area contributed by atoms with Gasteiger partial charge >= 0.3 is 12.1 Å². The molecule has 0 aromatic carbocycles. The van der Waals surface area contributed by atoms with E-state index in [2.05, 4.69) is 22.2 Å². The molecule has 1 saturated carbocycles. The van der Waals surface area contributed by atoms with Gasteiger partial charge < -0.3 is 19.5 Å². The van der Waals surface area contributed by atoms with Crippen LogP contribution in [0.25, 0.3) is 11.4 Å². The molecule has 10 nitrogen and oxygen atoms in total. The minimum atomic E-state index is -0.760. The lowest BCUT2D eigenvalue weighted by atomic mass is 9.87. The Balaban J connectivity index is 1.43. The van der Waals surface area contributed by atoms with E-state index in [0.29, 0.717) is 53.8 Å². The molecule has 0 radical (unpaired) electrons. The molecule has 2 fully saturated rings. The fourth-order valence-electron chi connectivity index (χ4n) is 4.77. The van der Waals surface area contributed by atoms with E-state index in [-0.39, 0.29) is 24.7 Å². The Bertz CT molecular complexity index is 1040. The number of hydrogen-bond donors (Lipinski definition) is 1. The minimum Gasteiger partial charge on any atom is -0.489 e. The molecule has 2 aliphatic rings. The summed E-state index contributed by atoms with van der Waals surface area (Å²) in [5, 5.41) is 17.7. The van der Waals surface area contributed by atoms with Crippen LogP contribution in [-0.2, 0) is 23.2 Å². The van der Waals surface area contributed by atoms with Gasteiger partial charge in [0.2, 0.25) is 0 Å². The Labute approximate surface area is 199 Å². The number of rotatable bonds is 6. The largest absolute Gasteiger partial charge is 0.489 e. The number of aromatic nitrogens is 4. The van der Waals surface area contributed by atoms with Crippen molar-refractivity contribution < 1.29 is 24.2 Å².